The van der Waals surface area contributed by atoms with Crippen molar-refractivity contribution in [2.24, 2.45) is 11.8 Å². The molecule has 0 radical (unpaired) electrons. The lowest BCUT2D eigenvalue weighted by atomic mass is 9.86. The molecule has 0 bridgehead atoms. The fraction of sp³-hybridized carbons (Fsp3) is 0.733. The highest BCUT2D eigenvalue weighted by atomic mass is 16.4. The Labute approximate surface area is 130 Å². The third kappa shape index (κ3) is 4.54. The van der Waals surface area contributed by atoms with E-state index in [1.165, 1.54) is 43.3 Å². The molecule has 1 unspecified atom stereocenters. The topological polar surface area (TPSA) is 99.2 Å². The number of H-pyrrole nitrogens is 1. The van der Waals surface area contributed by atoms with Crippen molar-refractivity contribution in [1.29, 1.82) is 0 Å². The van der Waals surface area contributed by atoms with E-state index >= 15 is 0 Å². The fourth-order valence-corrected chi connectivity index (χ4v) is 2.93. The molecule has 0 aliphatic heterocycles. The summed E-state index contributed by atoms with van der Waals surface area (Å²) in [7, 11) is 0. The van der Waals surface area contributed by atoms with Gasteiger partial charge in [0.15, 0.2) is 0 Å². The van der Waals surface area contributed by atoms with Crippen LogP contribution in [0.2, 0.25) is 0 Å². The Balaban J connectivity index is 1.94. The van der Waals surface area contributed by atoms with Crippen molar-refractivity contribution < 1.29 is 14.7 Å². The lowest BCUT2D eigenvalue weighted by Gasteiger charge is -2.24. The van der Waals surface area contributed by atoms with Crippen molar-refractivity contribution >= 4 is 17.8 Å². The van der Waals surface area contributed by atoms with E-state index in [2.05, 4.69) is 15.2 Å². The smallest absolute Gasteiger partial charge is 0.308 e. The predicted octanol–water partition coefficient (Wildman–Crippen LogP) is 2.22. The Bertz CT molecular complexity index is 483. The van der Waals surface area contributed by atoms with Crippen LogP contribution in [0, 0.1) is 11.8 Å². The monoisotopic (exact) mass is 308 g/mol. The van der Waals surface area contributed by atoms with E-state index in [0.29, 0.717) is 18.3 Å². The maximum Gasteiger partial charge on any atom is 0.308 e. The number of hydrogen-bond acceptors (Lipinski definition) is 4. The van der Waals surface area contributed by atoms with Crippen molar-refractivity contribution in [3.63, 3.8) is 0 Å². The molecule has 7 heteroatoms. The molecule has 1 aliphatic rings. The molecule has 122 valence electrons. The van der Waals surface area contributed by atoms with Gasteiger partial charge in [-0.25, -0.2) is 5.10 Å². The molecule has 0 aromatic carbocycles. The molecule has 1 saturated carbocycles. The number of anilines is 1. The Morgan fingerprint density at radius 2 is 2.14 bits per heavy atom. The Kier molecular flexibility index (Phi) is 5.91. The maximum absolute atomic E-state index is 12.5. The molecule has 0 saturated heterocycles. The summed E-state index contributed by atoms with van der Waals surface area (Å²) in [6, 6.07) is 0. The van der Waals surface area contributed by atoms with Gasteiger partial charge in [-0.05, 0) is 12.3 Å². The van der Waals surface area contributed by atoms with E-state index in [1.807, 2.05) is 0 Å². The van der Waals surface area contributed by atoms with Gasteiger partial charge in [-0.1, -0.05) is 39.0 Å². The van der Waals surface area contributed by atoms with Crippen molar-refractivity contribution in [2.45, 2.75) is 51.9 Å². The summed E-state index contributed by atoms with van der Waals surface area (Å²) in [5.74, 6) is -0.725. The summed E-state index contributed by atoms with van der Waals surface area (Å²) >= 11 is 0. The molecule has 1 aromatic rings. The summed E-state index contributed by atoms with van der Waals surface area (Å²) in [6.07, 6.45) is 8.80. The molecule has 2 N–H and O–H groups in total. The minimum Gasteiger partial charge on any atom is -0.481 e. The van der Waals surface area contributed by atoms with Gasteiger partial charge >= 0.3 is 5.97 Å². The zero-order valence-corrected chi connectivity index (χ0v) is 13.0. The van der Waals surface area contributed by atoms with E-state index in [0.717, 1.165) is 6.42 Å². The summed E-state index contributed by atoms with van der Waals surface area (Å²) in [4.78, 5) is 28.9. The second-order valence-electron chi connectivity index (χ2n) is 6.10. The van der Waals surface area contributed by atoms with Crippen LogP contribution < -0.4 is 4.90 Å². The molecule has 22 heavy (non-hydrogen) atoms. The quantitative estimate of drug-likeness (QED) is 0.804. The van der Waals surface area contributed by atoms with Gasteiger partial charge in [-0.2, -0.15) is 10.1 Å². The minimum atomic E-state index is -0.926. The standard InChI is InChI=1S/C15H24N4O3/c1-11(14(21)22)9-19(15-16-10-17-18-15)13(20)8-7-12-5-3-2-4-6-12/h10-12H,2-9H2,1H3,(H,21,22)(H,16,17,18). The van der Waals surface area contributed by atoms with Crippen LogP contribution >= 0.6 is 0 Å². The number of rotatable bonds is 7. The van der Waals surface area contributed by atoms with Crippen LogP contribution in [-0.2, 0) is 9.59 Å². The van der Waals surface area contributed by atoms with Crippen LogP contribution in [0.25, 0.3) is 0 Å². The Hall–Kier alpha value is -1.92. The number of aliphatic carboxylic acids is 1. The van der Waals surface area contributed by atoms with Gasteiger partial charge in [-0.15, -0.1) is 0 Å². The van der Waals surface area contributed by atoms with Crippen LogP contribution in [0.4, 0.5) is 5.95 Å². The molecule has 7 nitrogen and oxygen atoms in total. The first-order chi connectivity index (χ1) is 10.6. The summed E-state index contributed by atoms with van der Waals surface area (Å²) < 4.78 is 0. The van der Waals surface area contributed by atoms with Gasteiger partial charge in [0, 0.05) is 13.0 Å². The molecule has 1 aromatic heterocycles. The van der Waals surface area contributed by atoms with Crippen LogP contribution in [0.1, 0.15) is 51.9 Å². The molecular weight excluding hydrogens is 284 g/mol. The number of hydrogen-bond donors (Lipinski definition) is 2. The van der Waals surface area contributed by atoms with Crippen molar-refractivity contribution in [3.05, 3.63) is 6.33 Å². The van der Waals surface area contributed by atoms with E-state index in [-0.39, 0.29) is 12.5 Å². The van der Waals surface area contributed by atoms with Gasteiger partial charge in [0.1, 0.15) is 6.33 Å². The lowest BCUT2D eigenvalue weighted by Crippen LogP contribution is -2.38. The van der Waals surface area contributed by atoms with E-state index < -0.39 is 11.9 Å². The van der Waals surface area contributed by atoms with E-state index in [4.69, 9.17) is 5.11 Å². The van der Waals surface area contributed by atoms with Gasteiger partial charge < -0.3 is 5.11 Å². The van der Waals surface area contributed by atoms with Crippen LogP contribution in [0.3, 0.4) is 0 Å². The largest absolute Gasteiger partial charge is 0.481 e. The highest BCUT2D eigenvalue weighted by Crippen LogP contribution is 2.27. The first-order valence-electron chi connectivity index (χ1n) is 7.96. The van der Waals surface area contributed by atoms with Crippen molar-refractivity contribution in [3.8, 4) is 0 Å². The van der Waals surface area contributed by atoms with Crippen LogP contribution in [-0.4, -0.2) is 38.7 Å². The number of nitrogens with zero attached hydrogens (tertiary/aromatic N) is 3. The number of aromatic amines is 1. The second kappa shape index (κ2) is 7.91. The molecule has 1 heterocycles. The third-order valence-corrected chi connectivity index (χ3v) is 4.33. The number of aromatic nitrogens is 3. The highest BCUT2D eigenvalue weighted by Gasteiger charge is 2.25. The normalized spacial score (nSPS) is 17.1. The summed E-state index contributed by atoms with van der Waals surface area (Å²) in [5.41, 5.74) is 0. The fourth-order valence-electron chi connectivity index (χ4n) is 2.93. The molecule has 1 amide bonds. The summed E-state index contributed by atoms with van der Waals surface area (Å²) in [5, 5.41) is 15.5. The first kappa shape index (κ1) is 16.5. The molecule has 1 fully saturated rings. The van der Waals surface area contributed by atoms with Gasteiger partial charge in [0.05, 0.1) is 5.92 Å². The van der Waals surface area contributed by atoms with Gasteiger partial charge in [0.25, 0.3) is 0 Å². The van der Waals surface area contributed by atoms with Crippen molar-refractivity contribution in [2.75, 3.05) is 11.4 Å². The maximum atomic E-state index is 12.5. The lowest BCUT2D eigenvalue weighted by molar-refractivity contribution is -0.140. The molecule has 0 spiro atoms. The number of carboxylic acids is 1. The predicted molar refractivity (Wildman–Crippen MR) is 81.3 cm³/mol. The van der Waals surface area contributed by atoms with E-state index in [9.17, 15) is 9.59 Å². The average molecular weight is 308 g/mol. The number of carbonyl (C=O) groups is 2. The van der Waals surface area contributed by atoms with Gasteiger partial charge in [-0.3, -0.25) is 14.5 Å². The number of carboxylic acid groups (broad SMARTS) is 1. The molecular formula is C15H24N4O3. The van der Waals surface area contributed by atoms with Gasteiger partial charge in [0.2, 0.25) is 11.9 Å². The zero-order chi connectivity index (χ0) is 15.9. The average Bonchev–Trinajstić information content (AvgIpc) is 3.05. The Morgan fingerprint density at radius 3 is 2.73 bits per heavy atom. The highest BCUT2D eigenvalue weighted by molar-refractivity contribution is 5.92. The van der Waals surface area contributed by atoms with E-state index in [1.54, 1.807) is 6.92 Å². The number of nitrogens with one attached hydrogen (secondary N) is 1. The third-order valence-electron chi connectivity index (χ3n) is 4.33. The Morgan fingerprint density at radius 1 is 1.41 bits per heavy atom. The number of amides is 1. The minimum absolute atomic E-state index is 0.0876. The van der Waals surface area contributed by atoms with Crippen molar-refractivity contribution in [1.82, 2.24) is 15.2 Å². The second-order valence-corrected chi connectivity index (χ2v) is 6.10. The number of carbonyl (C=O) groups excluding carboxylic acids is 1. The molecule has 1 aliphatic carbocycles. The van der Waals surface area contributed by atoms with Crippen LogP contribution in [0.5, 0.6) is 0 Å². The molecule has 2 rings (SSSR count). The molecule has 1 atom stereocenters. The summed E-state index contributed by atoms with van der Waals surface area (Å²) in [6.45, 7) is 1.69. The first-order valence-corrected chi connectivity index (χ1v) is 7.96. The van der Waals surface area contributed by atoms with Crippen LogP contribution in [0.15, 0.2) is 6.33 Å². The zero-order valence-electron chi connectivity index (χ0n) is 13.0. The SMILES string of the molecule is CC(CN(C(=O)CCC1CCCCC1)c1ncn[nH]1)C(=O)O.